The van der Waals surface area contributed by atoms with Crippen molar-refractivity contribution in [3.8, 4) is 0 Å². The number of aliphatic imine (C=N–C) groups is 1. The predicted octanol–water partition coefficient (Wildman–Crippen LogP) is -0.166. The summed E-state index contributed by atoms with van der Waals surface area (Å²) in [5.41, 5.74) is 10.1. The number of nitrogens with two attached hydrogens (primary N) is 2. The molecule has 1 unspecified atom stereocenters. The third-order valence-corrected chi connectivity index (χ3v) is 0.694. The van der Waals surface area contributed by atoms with Crippen LogP contribution in [0.3, 0.4) is 0 Å². The van der Waals surface area contributed by atoms with E-state index in [1.807, 2.05) is 6.92 Å². The summed E-state index contributed by atoms with van der Waals surface area (Å²) < 4.78 is 0. The first-order chi connectivity index (χ1) is 3.66. The quantitative estimate of drug-likeness (QED) is 0.297. The SMILES string of the molecule is C=CC(C)N=C(N)N. The zero-order valence-corrected chi connectivity index (χ0v) is 4.96. The minimum Gasteiger partial charge on any atom is -0.370 e. The van der Waals surface area contributed by atoms with Gasteiger partial charge < -0.3 is 11.5 Å². The molecule has 46 valence electrons. The molecule has 0 spiro atoms. The fourth-order valence-electron chi connectivity index (χ4n) is 0.288. The molecule has 8 heavy (non-hydrogen) atoms. The van der Waals surface area contributed by atoms with E-state index < -0.39 is 0 Å². The molecule has 3 nitrogen and oxygen atoms in total. The van der Waals surface area contributed by atoms with Crippen LogP contribution >= 0.6 is 0 Å². The minimum absolute atomic E-state index is 0.0278. The lowest BCUT2D eigenvalue weighted by Crippen LogP contribution is -2.24. The van der Waals surface area contributed by atoms with E-state index in [1.165, 1.54) is 0 Å². The van der Waals surface area contributed by atoms with Crippen LogP contribution < -0.4 is 11.5 Å². The molecule has 0 bridgehead atoms. The molecule has 0 fully saturated rings. The summed E-state index contributed by atoms with van der Waals surface area (Å²) >= 11 is 0. The Morgan fingerprint density at radius 1 is 1.75 bits per heavy atom. The molecule has 0 radical (unpaired) electrons. The summed E-state index contributed by atoms with van der Waals surface area (Å²) in [5.74, 6) is 0.109. The van der Waals surface area contributed by atoms with Crippen molar-refractivity contribution in [2.75, 3.05) is 0 Å². The third-order valence-electron chi connectivity index (χ3n) is 0.694. The fourth-order valence-corrected chi connectivity index (χ4v) is 0.288. The van der Waals surface area contributed by atoms with Gasteiger partial charge in [0.15, 0.2) is 5.96 Å². The van der Waals surface area contributed by atoms with Gasteiger partial charge >= 0.3 is 0 Å². The van der Waals surface area contributed by atoms with Gasteiger partial charge in [0.25, 0.3) is 0 Å². The summed E-state index contributed by atoms with van der Waals surface area (Å²) in [7, 11) is 0. The van der Waals surface area contributed by atoms with E-state index in [2.05, 4.69) is 11.6 Å². The van der Waals surface area contributed by atoms with E-state index in [4.69, 9.17) is 11.5 Å². The van der Waals surface area contributed by atoms with Crippen molar-refractivity contribution in [3.05, 3.63) is 12.7 Å². The molecule has 1 atom stereocenters. The second-order valence-electron chi connectivity index (χ2n) is 1.53. The smallest absolute Gasteiger partial charge is 0.186 e. The van der Waals surface area contributed by atoms with E-state index in [-0.39, 0.29) is 12.0 Å². The van der Waals surface area contributed by atoms with Gasteiger partial charge in [0.2, 0.25) is 0 Å². The molecule has 0 aromatic heterocycles. The predicted molar refractivity (Wildman–Crippen MR) is 35.5 cm³/mol. The lowest BCUT2D eigenvalue weighted by atomic mass is 10.4. The molecule has 0 aliphatic carbocycles. The maximum Gasteiger partial charge on any atom is 0.186 e. The maximum atomic E-state index is 5.05. The number of guanidine groups is 1. The normalized spacial score (nSPS) is 12.1. The highest BCUT2D eigenvalue weighted by molar-refractivity contribution is 5.75. The van der Waals surface area contributed by atoms with Crippen LogP contribution in [-0.2, 0) is 0 Å². The summed E-state index contributed by atoms with van der Waals surface area (Å²) in [4.78, 5) is 3.75. The van der Waals surface area contributed by atoms with E-state index in [0.717, 1.165) is 0 Å². The Balaban J connectivity index is 3.68. The molecular weight excluding hydrogens is 102 g/mol. The first kappa shape index (κ1) is 7.01. The highest BCUT2D eigenvalue weighted by atomic mass is 15.0. The Labute approximate surface area is 49.1 Å². The lowest BCUT2D eigenvalue weighted by Gasteiger charge is -1.95. The second kappa shape index (κ2) is 3.07. The van der Waals surface area contributed by atoms with Crippen LogP contribution in [-0.4, -0.2) is 12.0 Å². The van der Waals surface area contributed by atoms with E-state index >= 15 is 0 Å². The van der Waals surface area contributed by atoms with Crippen molar-refractivity contribution in [1.29, 1.82) is 0 Å². The third kappa shape index (κ3) is 3.21. The molecule has 3 heteroatoms. The standard InChI is InChI=1S/C5H11N3/c1-3-4(2)8-5(6)7/h3-4H,1H2,2H3,(H4,6,7,8). The average Bonchev–Trinajstić information content (AvgIpc) is 1.65. The zero-order chi connectivity index (χ0) is 6.57. The van der Waals surface area contributed by atoms with Crippen LogP contribution in [0.15, 0.2) is 17.6 Å². The molecule has 0 aliphatic heterocycles. The first-order valence-corrected chi connectivity index (χ1v) is 2.38. The summed E-state index contributed by atoms with van der Waals surface area (Å²) in [6.07, 6.45) is 1.67. The Hall–Kier alpha value is -0.990. The van der Waals surface area contributed by atoms with Gasteiger partial charge in [-0.2, -0.15) is 0 Å². The first-order valence-electron chi connectivity index (χ1n) is 2.38. The van der Waals surface area contributed by atoms with Gasteiger partial charge in [0.05, 0.1) is 6.04 Å². The van der Waals surface area contributed by atoms with Gasteiger partial charge in [0.1, 0.15) is 0 Å². The van der Waals surface area contributed by atoms with E-state index in [9.17, 15) is 0 Å². The topological polar surface area (TPSA) is 64.4 Å². The van der Waals surface area contributed by atoms with E-state index in [0.29, 0.717) is 0 Å². The molecule has 0 aliphatic rings. The molecule has 4 N–H and O–H groups in total. The fraction of sp³-hybridized carbons (Fsp3) is 0.400. The minimum atomic E-state index is 0.0278. The number of hydrogen-bond donors (Lipinski definition) is 2. The monoisotopic (exact) mass is 113 g/mol. The highest BCUT2D eigenvalue weighted by Gasteiger charge is 1.87. The summed E-state index contributed by atoms with van der Waals surface area (Å²) in [6, 6.07) is 0.0278. The van der Waals surface area contributed by atoms with Crippen LogP contribution in [0.2, 0.25) is 0 Å². The van der Waals surface area contributed by atoms with Crippen LogP contribution in [0.1, 0.15) is 6.92 Å². The second-order valence-corrected chi connectivity index (χ2v) is 1.53. The Morgan fingerprint density at radius 3 is 2.38 bits per heavy atom. The van der Waals surface area contributed by atoms with Gasteiger partial charge in [0, 0.05) is 0 Å². The van der Waals surface area contributed by atoms with Crippen molar-refractivity contribution in [2.24, 2.45) is 16.5 Å². The molecule has 0 aromatic rings. The van der Waals surface area contributed by atoms with Crippen LogP contribution in [0.5, 0.6) is 0 Å². The maximum absolute atomic E-state index is 5.05. The molecule has 0 saturated heterocycles. The number of nitrogens with zero attached hydrogens (tertiary/aromatic N) is 1. The van der Waals surface area contributed by atoms with Crippen LogP contribution in [0.25, 0.3) is 0 Å². The Kier molecular flexibility index (Phi) is 2.69. The van der Waals surface area contributed by atoms with Gasteiger partial charge in [-0.1, -0.05) is 6.08 Å². The van der Waals surface area contributed by atoms with Crippen LogP contribution in [0.4, 0.5) is 0 Å². The number of rotatable bonds is 2. The molecule has 0 heterocycles. The van der Waals surface area contributed by atoms with Gasteiger partial charge in [-0.05, 0) is 6.92 Å². The lowest BCUT2D eigenvalue weighted by molar-refractivity contribution is 0.922. The highest BCUT2D eigenvalue weighted by Crippen LogP contribution is 1.85. The molecule has 0 saturated carbocycles. The summed E-state index contributed by atoms with van der Waals surface area (Å²) in [5, 5.41) is 0. The van der Waals surface area contributed by atoms with Crippen LogP contribution in [0, 0.1) is 0 Å². The molecule has 0 aromatic carbocycles. The van der Waals surface area contributed by atoms with Crippen molar-refractivity contribution >= 4 is 5.96 Å². The Morgan fingerprint density at radius 2 is 2.25 bits per heavy atom. The van der Waals surface area contributed by atoms with Gasteiger partial charge in [-0.3, -0.25) is 0 Å². The van der Waals surface area contributed by atoms with Crippen molar-refractivity contribution in [1.82, 2.24) is 0 Å². The largest absolute Gasteiger partial charge is 0.370 e. The Bertz CT molecular complexity index is 102. The average molecular weight is 113 g/mol. The molecule has 0 amide bonds. The molecule has 0 rings (SSSR count). The molecular formula is C5H11N3. The van der Waals surface area contributed by atoms with Gasteiger partial charge in [-0.15, -0.1) is 6.58 Å². The van der Waals surface area contributed by atoms with Gasteiger partial charge in [-0.25, -0.2) is 4.99 Å². The summed E-state index contributed by atoms with van der Waals surface area (Å²) in [6.45, 7) is 5.35. The van der Waals surface area contributed by atoms with Crippen molar-refractivity contribution in [3.63, 3.8) is 0 Å². The van der Waals surface area contributed by atoms with Crippen molar-refractivity contribution in [2.45, 2.75) is 13.0 Å². The number of hydrogen-bond acceptors (Lipinski definition) is 1. The van der Waals surface area contributed by atoms with E-state index in [1.54, 1.807) is 6.08 Å². The van der Waals surface area contributed by atoms with Crippen molar-refractivity contribution < 1.29 is 0 Å². The zero-order valence-electron chi connectivity index (χ0n) is 4.96.